The Bertz CT molecular complexity index is 912. The highest BCUT2D eigenvalue weighted by Crippen LogP contribution is 2.37. The van der Waals surface area contributed by atoms with E-state index in [9.17, 15) is 9.59 Å². The Labute approximate surface area is 174 Å². The first kappa shape index (κ1) is 21.1. The largest absolute Gasteiger partial charge is 0.493 e. The number of thiazole rings is 1. The first-order chi connectivity index (χ1) is 13.8. The fourth-order valence-electron chi connectivity index (χ4n) is 3.41. The van der Waals surface area contributed by atoms with Gasteiger partial charge in [-0.05, 0) is 39.6 Å². The summed E-state index contributed by atoms with van der Waals surface area (Å²) < 4.78 is 10.9. The zero-order chi connectivity index (χ0) is 21.1. The quantitative estimate of drug-likeness (QED) is 0.776. The van der Waals surface area contributed by atoms with E-state index in [4.69, 9.17) is 9.47 Å². The monoisotopic (exact) mass is 418 g/mol. The van der Waals surface area contributed by atoms with Gasteiger partial charge in [-0.3, -0.25) is 9.59 Å². The van der Waals surface area contributed by atoms with Gasteiger partial charge in [-0.25, -0.2) is 4.98 Å². The number of nitrogens with zero attached hydrogens (tertiary/aromatic N) is 3. The first-order valence-electron chi connectivity index (χ1n) is 9.28. The molecule has 0 radical (unpaired) electrons. The van der Waals surface area contributed by atoms with Crippen LogP contribution in [-0.2, 0) is 0 Å². The Hall–Kier alpha value is -2.65. The minimum atomic E-state index is -0.302. The molecule has 1 aromatic heterocycles. The molecule has 0 bridgehead atoms. The van der Waals surface area contributed by atoms with Crippen molar-refractivity contribution in [1.82, 2.24) is 14.8 Å². The van der Waals surface area contributed by atoms with Crippen LogP contribution >= 0.6 is 11.3 Å². The number of benzene rings is 1. The van der Waals surface area contributed by atoms with Crippen molar-refractivity contribution in [2.24, 2.45) is 0 Å². The van der Waals surface area contributed by atoms with Crippen LogP contribution in [-0.4, -0.2) is 74.0 Å². The number of anilines is 1. The molecule has 29 heavy (non-hydrogen) atoms. The van der Waals surface area contributed by atoms with E-state index in [1.165, 1.54) is 25.6 Å². The molecule has 2 aromatic rings. The highest BCUT2D eigenvalue weighted by atomic mass is 32.1. The number of hydrogen-bond donors (Lipinski definition) is 1. The number of aromatic nitrogens is 1. The summed E-state index contributed by atoms with van der Waals surface area (Å²) >= 11 is 1.26. The maximum atomic E-state index is 13.1. The van der Waals surface area contributed by atoms with E-state index in [2.05, 4.69) is 15.2 Å². The van der Waals surface area contributed by atoms with E-state index in [0.717, 1.165) is 6.42 Å². The van der Waals surface area contributed by atoms with Crippen LogP contribution in [0.5, 0.6) is 11.5 Å². The number of likely N-dealkylation sites (tertiary alicyclic amines) is 1. The summed E-state index contributed by atoms with van der Waals surface area (Å²) in [5.41, 5.74) is 3.10. The van der Waals surface area contributed by atoms with Gasteiger partial charge in [0.1, 0.15) is 4.88 Å². The van der Waals surface area contributed by atoms with E-state index >= 15 is 0 Å². The molecule has 2 heterocycles. The van der Waals surface area contributed by atoms with Crippen molar-refractivity contribution in [3.05, 3.63) is 33.8 Å². The number of amides is 2. The summed E-state index contributed by atoms with van der Waals surface area (Å²) in [4.78, 5) is 34.4. The molecule has 8 nitrogen and oxygen atoms in total. The minimum Gasteiger partial charge on any atom is -0.493 e. The Morgan fingerprint density at radius 3 is 2.59 bits per heavy atom. The number of hydrogen-bond acceptors (Lipinski definition) is 7. The van der Waals surface area contributed by atoms with Crippen molar-refractivity contribution in [3.63, 3.8) is 0 Å². The van der Waals surface area contributed by atoms with Crippen molar-refractivity contribution >= 4 is 28.8 Å². The van der Waals surface area contributed by atoms with Crippen LogP contribution in [0.4, 0.5) is 5.69 Å². The maximum absolute atomic E-state index is 13.1. The molecule has 9 heteroatoms. The van der Waals surface area contributed by atoms with Gasteiger partial charge in [-0.15, -0.1) is 11.3 Å². The molecule has 1 aliphatic rings. The third kappa shape index (κ3) is 4.35. The Morgan fingerprint density at radius 2 is 2.03 bits per heavy atom. The second-order valence-electron chi connectivity index (χ2n) is 7.14. The number of methoxy groups -OCH3 is 2. The number of ether oxygens (including phenoxy) is 2. The molecule has 2 amide bonds. The summed E-state index contributed by atoms with van der Waals surface area (Å²) in [5.74, 6) is 0.355. The summed E-state index contributed by atoms with van der Waals surface area (Å²) in [6, 6.07) is 3.63. The normalized spacial score (nSPS) is 16.2. The van der Waals surface area contributed by atoms with Gasteiger partial charge >= 0.3 is 0 Å². The molecular formula is C20H26N4O4S. The molecular weight excluding hydrogens is 392 g/mol. The smallest absolute Gasteiger partial charge is 0.267 e. The second kappa shape index (κ2) is 8.79. The Morgan fingerprint density at radius 1 is 1.28 bits per heavy atom. The van der Waals surface area contributed by atoms with Crippen LogP contribution in [0.15, 0.2) is 17.6 Å². The highest BCUT2D eigenvalue weighted by Gasteiger charge is 2.29. The average molecular weight is 419 g/mol. The number of carbonyl (C=O) groups is 2. The lowest BCUT2D eigenvalue weighted by Crippen LogP contribution is -2.34. The number of nitrogens with one attached hydrogen (secondary N) is 1. The average Bonchev–Trinajstić information content (AvgIpc) is 3.36. The molecule has 156 valence electrons. The number of rotatable bonds is 6. The maximum Gasteiger partial charge on any atom is 0.267 e. The van der Waals surface area contributed by atoms with Crippen molar-refractivity contribution in [1.29, 1.82) is 0 Å². The van der Waals surface area contributed by atoms with Gasteiger partial charge in [-0.1, -0.05) is 0 Å². The topological polar surface area (TPSA) is 84.0 Å². The molecule has 1 atom stereocenters. The molecule has 0 saturated carbocycles. The van der Waals surface area contributed by atoms with Gasteiger partial charge in [-0.2, -0.15) is 0 Å². The zero-order valence-electron chi connectivity index (χ0n) is 17.3. The van der Waals surface area contributed by atoms with Gasteiger partial charge in [0.25, 0.3) is 11.8 Å². The fourth-order valence-corrected chi connectivity index (χ4v) is 4.11. The number of likely N-dealkylation sites (N-methyl/N-ethyl adjacent to an activating group) is 1. The van der Waals surface area contributed by atoms with Gasteiger partial charge in [0.2, 0.25) is 0 Å². The highest BCUT2D eigenvalue weighted by molar-refractivity contribution is 7.12. The summed E-state index contributed by atoms with van der Waals surface area (Å²) in [7, 11) is 7.03. The lowest BCUT2D eigenvalue weighted by molar-refractivity contribution is 0.0782. The molecule has 3 rings (SSSR count). The molecule has 1 saturated heterocycles. The number of aryl methyl sites for hydroxylation is 1. The summed E-state index contributed by atoms with van der Waals surface area (Å²) in [6.07, 6.45) is 0.931. The van der Waals surface area contributed by atoms with Crippen LogP contribution in [0.25, 0.3) is 0 Å². The third-order valence-corrected chi connectivity index (χ3v) is 6.03. The van der Waals surface area contributed by atoms with Crippen molar-refractivity contribution in [2.75, 3.05) is 46.7 Å². The summed E-state index contributed by atoms with van der Waals surface area (Å²) in [6.45, 7) is 3.14. The molecule has 1 N–H and O–H groups in total. The van der Waals surface area contributed by atoms with Crippen LogP contribution in [0.3, 0.4) is 0 Å². The van der Waals surface area contributed by atoms with Crippen LogP contribution in [0.2, 0.25) is 0 Å². The van der Waals surface area contributed by atoms with Gasteiger partial charge < -0.3 is 24.6 Å². The molecule has 1 aromatic carbocycles. The van der Waals surface area contributed by atoms with Gasteiger partial charge in [0.15, 0.2) is 11.5 Å². The molecule has 1 fully saturated rings. The zero-order valence-corrected chi connectivity index (χ0v) is 18.1. The van der Waals surface area contributed by atoms with Crippen molar-refractivity contribution < 1.29 is 19.1 Å². The molecule has 0 spiro atoms. The van der Waals surface area contributed by atoms with Crippen LogP contribution in [0.1, 0.15) is 32.1 Å². The fraction of sp³-hybridized carbons (Fsp3) is 0.450. The Balaban J connectivity index is 1.91. The van der Waals surface area contributed by atoms with E-state index in [0.29, 0.717) is 52.5 Å². The van der Waals surface area contributed by atoms with Gasteiger partial charge in [0.05, 0.1) is 31.1 Å². The van der Waals surface area contributed by atoms with E-state index in [-0.39, 0.29) is 11.8 Å². The number of carbonyl (C=O) groups excluding carboxylic acids is 2. The SMILES string of the molecule is COc1cc(C(=O)N2CCC(N(C)C)C2)cc(NC(=O)c2scnc2C)c1OC. The van der Waals surface area contributed by atoms with Crippen molar-refractivity contribution in [2.45, 2.75) is 19.4 Å². The lowest BCUT2D eigenvalue weighted by Gasteiger charge is -2.21. The van der Waals surface area contributed by atoms with E-state index < -0.39 is 0 Å². The molecule has 1 unspecified atom stereocenters. The minimum absolute atomic E-state index is 0.0974. The van der Waals surface area contributed by atoms with Crippen LogP contribution < -0.4 is 14.8 Å². The Kier molecular flexibility index (Phi) is 6.39. The predicted octanol–water partition coefficient (Wildman–Crippen LogP) is 2.50. The van der Waals surface area contributed by atoms with E-state index in [1.54, 1.807) is 24.6 Å². The van der Waals surface area contributed by atoms with Gasteiger partial charge in [0, 0.05) is 24.7 Å². The third-order valence-electron chi connectivity index (χ3n) is 5.11. The first-order valence-corrected chi connectivity index (χ1v) is 10.2. The van der Waals surface area contributed by atoms with E-state index in [1.807, 2.05) is 19.0 Å². The lowest BCUT2D eigenvalue weighted by atomic mass is 10.1. The standard InChI is InChI=1S/C20H26N4O4S/c1-12-18(29-11-21-12)19(25)22-15-8-13(9-16(27-4)17(15)28-5)20(26)24-7-6-14(10-24)23(2)3/h8-9,11,14H,6-7,10H2,1-5H3,(H,22,25). The van der Waals surface area contributed by atoms with Crippen molar-refractivity contribution in [3.8, 4) is 11.5 Å². The predicted molar refractivity (Wildman–Crippen MR) is 112 cm³/mol. The molecule has 1 aliphatic heterocycles. The second-order valence-corrected chi connectivity index (χ2v) is 7.99. The summed E-state index contributed by atoms with van der Waals surface area (Å²) in [5, 5.41) is 2.84. The van der Waals surface area contributed by atoms with Crippen LogP contribution in [0, 0.1) is 6.92 Å². The molecule has 0 aliphatic carbocycles.